The van der Waals surface area contributed by atoms with E-state index in [4.69, 9.17) is 17.3 Å². The summed E-state index contributed by atoms with van der Waals surface area (Å²) in [6.45, 7) is 0. The van der Waals surface area contributed by atoms with Crippen LogP contribution >= 0.6 is 27.5 Å². The minimum atomic E-state index is 0.259. The molecule has 2 N–H and O–H groups in total. The second-order valence-corrected chi connectivity index (χ2v) is 4.22. The Kier molecular flexibility index (Phi) is 2.88. The number of nitrogens with zero attached hydrogens (tertiary/aromatic N) is 2. The van der Waals surface area contributed by atoms with Gasteiger partial charge in [-0.2, -0.15) is 0 Å². The van der Waals surface area contributed by atoms with E-state index in [2.05, 4.69) is 25.9 Å². The largest absolute Gasteiger partial charge is 0.368 e. The third-order valence-electron chi connectivity index (χ3n) is 1.88. The smallest absolute Gasteiger partial charge is 0.220 e. The van der Waals surface area contributed by atoms with E-state index in [1.165, 1.54) is 0 Å². The molecule has 1 aromatic heterocycles. The summed E-state index contributed by atoms with van der Waals surface area (Å²) in [4.78, 5) is 7.97. The molecule has 76 valence electrons. The Labute approximate surface area is 100 Å². The zero-order chi connectivity index (χ0) is 10.8. The number of rotatable bonds is 1. The normalized spacial score (nSPS) is 10.3. The minimum Gasteiger partial charge on any atom is -0.368 e. The molecule has 0 saturated carbocycles. The first-order chi connectivity index (χ1) is 7.16. The molecule has 0 unspecified atom stereocenters. The minimum absolute atomic E-state index is 0.259. The molecule has 0 spiro atoms. The summed E-state index contributed by atoms with van der Waals surface area (Å²) in [6, 6.07) is 7.30. The molecule has 1 heterocycles. The first-order valence-electron chi connectivity index (χ1n) is 4.21. The Hall–Kier alpha value is -1.13. The van der Waals surface area contributed by atoms with E-state index < -0.39 is 0 Å². The molecular formula is C10H7BrClN3. The van der Waals surface area contributed by atoms with Crippen molar-refractivity contribution in [1.82, 2.24) is 9.97 Å². The predicted molar refractivity (Wildman–Crippen MR) is 64.6 cm³/mol. The molecule has 0 aliphatic rings. The van der Waals surface area contributed by atoms with Gasteiger partial charge in [-0.15, -0.1) is 0 Å². The number of benzene rings is 1. The zero-order valence-electron chi connectivity index (χ0n) is 7.61. The molecule has 0 aliphatic heterocycles. The summed E-state index contributed by atoms with van der Waals surface area (Å²) < 4.78 is 0.883. The first kappa shape index (κ1) is 10.4. The summed E-state index contributed by atoms with van der Waals surface area (Å²) in [6.07, 6.45) is 1.62. The summed E-state index contributed by atoms with van der Waals surface area (Å²) in [5, 5.41) is 0.674. The summed E-state index contributed by atoms with van der Waals surface area (Å²) >= 11 is 9.27. The highest BCUT2D eigenvalue weighted by atomic mass is 79.9. The number of hydrogen-bond donors (Lipinski definition) is 1. The molecular weight excluding hydrogens is 277 g/mol. The van der Waals surface area contributed by atoms with Gasteiger partial charge < -0.3 is 5.73 Å². The Morgan fingerprint density at radius 2 is 2.07 bits per heavy atom. The van der Waals surface area contributed by atoms with Crippen LogP contribution in [-0.2, 0) is 0 Å². The number of hydrogen-bond acceptors (Lipinski definition) is 3. The van der Waals surface area contributed by atoms with E-state index in [1.54, 1.807) is 18.3 Å². The van der Waals surface area contributed by atoms with Gasteiger partial charge in [0, 0.05) is 21.3 Å². The van der Waals surface area contributed by atoms with E-state index >= 15 is 0 Å². The van der Waals surface area contributed by atoms with Crippen LogP contribution in [-0.4, -0.2) is 9.97 Å². The van der Waals surface area contributed by atoms with Crippen LogP contribution in [0.4, 0.5) is 5.95 Å². The van der Waals surface area contributed by atoms with Crippen molar-refractivity contribution in [3.63, 3.8) is 0 Å². The third kappa shape index (κ3) is 2.27. The van der Waals surface area contributed by atoms with Crippen molar-refractivity contribution in [3.8, 4) is 11.3 Å². The fraction of sp³-hybridized carbons (Fsp3) is 0. The quantitative estimate of drug-likeness (QED) is 0.875. The van der Waals surface area contributed by atoms with Gasteiger partial charge in [0.05, 0.1) is 5.69 Å². The number of halogens is 2. The van der Waals surface area contributed by atoms with Crippen molar-refractivity contribution >= 4 is 33.5 Å². The van der Waals surface area contributed by atoms with Gasteiger partial charge in [-0.1, -0.05) is 33.6 Å². The van der Waals surface area contributed by atoms with Crippen molar-refractivity contribution in [1.29, 1.82) is 0 Å². The van der Waals surface area contributed by atoms with Gasteiger partial charge in [0.25, 0.3) is 0 Å². The van der Waals surface area contributed by atoms with Crippen molar-refractivity contribution in [2.24, 2.45) is 0 Å². The van der Waals surface area contributed by atoms with Gasteiger partial charge >= 0.3 is 0 Å². The maximum absolute atomic E-state index is 5.85. The Morgan fingerprint density at radius 1 is 1.27 bits per heavy atom. The van der Waals surface area contributed by atoms with Gasteiger partial charge in [-0.3, -0.25) is 0 Å². The number of nitrogens with two attached hydrogens (primary N) is 1. The second kappa shape index (κ2) is 4.16. The molecule has 15 heavy (non-hydrogen) atoms. The van der Waals surface area contributed by atoms with Gasteiger partial charge in [-0.05, 0) is 18.2 Å². The molecule has 0 saturated heterocycles. The molecule has 3 nitrogen and oxygen atoms in total. The van der Waals surface area contributed by atoms with Crippen LogP contribution in [0.3, 0.4) is 0 Å². The molecule has 2 rings (SSSR count). The Balaban J connectivity index is 2.54. The second-order valence-electron chi connectivity index (χ2n) is 2.92. The number of anilines is 1. The van der Waals surface area contributed by atoms with Crippen molar-refractivity contribution < 1.29 is 0 Å². The molecule has 0 atom stereocenters. The van der Waals surface area contributed by atoms with Crippen molar-refractivity contribution in [2.45, 2.75) is 0 Å². The van der Waals surface area contributed by atoms with E-state index in [-0.39, 0.29) is 5.95 Å². The monoisotopic (exact) mass is 283 g/mol. The molecule has 5 heteroatoms. The molecule has 2 aromatic rings. The molecule has 0 fully saturated rings. The summed E-state index contributed by atoms with van der Waals surface area (Å²) in [5.74, 6) is 0.259. The lowest BCUT2D eigenvalue weighted by Gasteiger charge is -2.04. The lowest BCUT2D eigenvalue weighted by molar-refractivity contribution is 1.19. The van der Waals surface area contributed by atoms with E-state index in [9.17, 15) is 0 Å². The zero-order valence-corrected chi connectivity index (χ0v) is 9.96. The molecule has 0 amide bonds. The number of aromatic nitrogens is 2. The van der Waals surface area contributed by atoms with Crippen LogP contribution in [0.2, 0.25) is 5.02 Å². The summed E-state index contributed by atoms with van der Waals surface area (Å²) in [5.41, 5.74) is 7.22. The summed E-state index contributed by atoms with van der Waals surface area (Å²) in [7, 11) is 0. The average Bonchev–Trinajstić information content (AvgIpc) is 2.17. The lowest BCUT2D eigenvalue weighted by atomic mass is 10.1. The highest BCUT2D eigenvalue weighted by molar-refractivity contribution is 9.10. The molecule has 0 bridgehead atoms. The van der Waals surface area contributed by atoms with Gasteiger partial charge in [-0.25, -0.2) is 9.97 Å². The van der Waals surface area contributed by atoms with Crippen molar-refractivity contribution in [2.75, 3.05) is 5.73 Å². The number of nitrogen functional groups attached to an aromatic ring is 1. The standard InChI is InChI=1S/C10H7BrClN3/c11-8-5-6(12)1-2-7(8)9-3-4-14-10(13)15-9/h1-5H,(H2,13,14,15). The van der Waals surface area contributed by atoms with Crippen LogP contribution in [0, 0.1) is 0 Å². The van der Waals surface area contributed by atoms with Crippen LogP contribution in [0.1, 0.15) is 0 Å². The maximum Gasteiger partial charge on any atom is 0.220 e. The Morgan fingerprint density at radius 3 is 2.73 bits per heavy atom. The van der Waals surface area contributed by atoms with E-state index in [0.717, 1.165) is 15.7 Å². The van der Waals surface area contributed by atoms with Gasteiger partial charge in [0.2, 0.25) is 5.95 Å². The molecule has 0 aliphatic carbocycles. The average molecular weight is 285 g/mol. The SMILES string of the molecule is Nc1nccc(-c2ccc(Cl)cc2Br)n1. The third-order valence-corrected chi connectivity index (χ3v) is 2.77. The first-order valence-corrected chi connectivity index (χ1v) is 5.38. The van der Waals surface area contributed by atoms with E-state index in [1.807, 2.05) is 12.1 Å². The van der Waals surface area contributed by atoms with Crippen LogP contribution in [0.15, 0.2) is 34.9 Å². The van der Waals surface area contributed by atoms with Crippen molar-refractivity contribution in [3.05, 3.63) is 40.0 Å². The lowest BCUT2D eigenvalue weighted by Crippen LogP contribution is -1.95. The predicted octanol–water partition coefficient (Wildman–Crippen LogP) is 3.14. The van der Waals surface area contributed by atoms with Crippen LogP contribution in [0.25, 0.3) is 11.3 Å². The highest BCUT2D eigenvalue weighted by Crippen LogP contribution is 2.29. The van der Waals surface area contributed by atoms with Gasteiger partial charge in [0.15, 0.2) is 0 Å². The van der Waals surface area contributed by atoms with Gasteiger partial charge in [0.1, 0.15) is 0 Å². The van der Waals surface area contributed by atoms with Crippen LogP contribution in [0.5, 0.6) is 0 Å². The highest BCUT2D eigenvalue weighted by Gasteiger charge is 2.05. The molecule has 1 aromatic carbocycles. The fourth-order valence-corrected chi connectivity index (χ4v) is 2.11. The maximum atomic E-state index is 5.85. The van der Waals surface area contributed by atoms with Crippen LogP contribution < -0.4 is 5.73 Å². The Bertz CT molecular complexity index is 502. The molecule has 0 radical (unpaired) electrons. The topological polar surface area (TPSA) is 51.8 Å². The van der Waals surface area contributed by atoms with E-state index in [0.29, 0.717) is 5.02 Å². The fourth-order valence-electron chi connectivity index (χ4n) is 1.22.